The van der Waals surface area contributed by atoms with E-state index in [0.717, 1.165) is 0 Å². The van der Waals surface area contributed by atoms with Gasteiger partial charge in [-0.25, -0.2) is 0 Å². The number of hydrogen-bond donors (Lipinski definition) is 0. The average molecular weight is 808 g/mol. The Balaban J connectivity index is 1.25. The number of hydrogen-bond acceptors (Lipinski definition) is 2. The van der Waals surface area contributed by atoms with E-state index >= 15 is 0 Å². The maximum atomic E-state index is 2.87. The van der Waals surface area contributed by atoms with Gasteiger partial charge in [0.15, 0.2) is 0 Å². The first-order chi connectivity index (χ1) is 29.6. The molecule has 1 fully saturated rings. The number of benzene rings is 6. The maximum Gasteiger partial charge on any atom is 0.250 e. The minimum atomic E-state index is -0.168. The molecular weight excluding hydrogens is 749 g/mol. The minimum Gasteiger partial charge on any atom is -0.323 e. The zero-order valence-corrected chi connectivity index (χ0v) is 38.2. The van der Waals surface area contributed by atoms with E-state index in [9.17, 15) is 0 Å². The van der Waals surface area contributed by atoms with Crippen molar-refractivity contribution in [3.63, 3.8) is 0 Å². The van der Waals surface area contributed by atoms with Crippen LogP contribution in [0.15, 0.2) is 145 Å². The van der Waals surface area contributed by atoms with Crippen LogP contribution in [-0.2, 0) is 10.8 Å². The van der Waals surface area contributed by atoms with Gasteiger partial charge in [0.1, 0.15) is 5.82 Å². The molecule has 2 unspecified atom stereocenters. The Kier molecular flexibility index (Phi) is 7.64. The number of nitrogens with zero attached hydrogens (tertiary/aromatic N) is 3. The molecule has 0 bridgehead atoms. The van der Waals surface area contributed by atoms with E-state index in [4.69, 9.17) is 0 Å². The SMILES string of the molecule is Cc1cc2c3c(c1)-n1c4c(c5cccc(c51)B3C1=C(N2c2ccc(C(C)(C)C)cc2)N(c2ccccc2-c2ccccc2)C2C1C(C)(C)CCC2(C)C)-c1ccccc1C4(C)C. The third kappa shape index (κ3) is 4.90. The van der Waals surface area contributed by atoms with Gasteiger partial charge in [-0.2, -0.15) is 0 Å². The zero-order chi connectivity index (χ0) is 42.8. The summed E-state index contributed by atoms with van der Waals surface area (Å²) >= 11 is 0. The van der Waals surface area contributed by atoms with Gasteiger partial charge in [-0.3, -0.25) is 4.90 Å². The van der Waals surface area contributed by atoms with Gasteiger partial charge in [0.25, 0.3) is 0 Å². The molecule has 0 N–H and O–H groups in total. The molecule has 12 rings (SSSR count). The molecule has 308 valence electrons. The molecule has 2 atom stereocenters. The minimum absolute atomic E-state index is 0.0316. The van der Waals surface area contributed by atoms with E-state index in [1.807, 2.05) is 0 Å². The molecule has 5 aliphatic rings. The molecule has 0 radical (unpaired) electrons. The van der Waals surface area contributed by atoms with Crippen molar-refractivity contribution < 1.29 is 0 Å². The molecule has 4 heterocycles. The molecule has 2 aliphatic carbocycles. The van der Waals surface area contributed by atoms with E-state index in [1.54, 1.807) is 5.47 Å². The first-order valence-electron chi connectivity index (χ1n) is 23.1. The van der Waals surface area contributed by atoms with E-state index < -0.39 is 0 Å². The van der Waals surface area contributed by atoms with Crippen LogP contribution in [0.2, 0.25) is 0 Å². The number of fused-ring (bicyclic) bond motifs is 10. The monoisotopic (exact) mass is 807 g/mol. The van der Waals surface area contributed by atoms with Crippen LogP contribution < -0.4 is 20.7 Å². The van der Waals surface area contributed by atoms with Crippen LogP contribution in [0.1, 0.15) is 97.5 Å². The number of aryl methyl sites for hydroxylation is 1. The Labute approximate surface area is 369 Å². The predicted molar refractivity (Wildman–Crippen MR) is 263 cm³/mol. The lowest BCUT2D eigenvalue weighted by molar-refractivity contribution is 0.0605. The lowest BCUT2D eigenvalue weighted by Crippen LogP contribution is -2.58. The second-order valence-corrected chi connectivity index (χ2v) is 22.2. The van der Waals surface area contributed by atoms with Crippen LogP contribution in [0.4, 0.5) is 17.1 Å². The first kappa shape index (κ1) is 38.0. The highest BCUT2D eigenvalue weighted by molar-refractivity contribution is 6.95. The van der Waals surface area contributed by atoms with Crippen molar-refractivity contribution in [2.45, 2.75) is 99.0 Å². The molecule has 1 saturated carbocycles. The van der Waals surface area contributed by atoms with E-state index in [1.165, 1.54) is 108 Å². The summed E-state index contributed by atoms with van der Waals surface area (Å²) in [5.41, 5.74) is 21.9. The summed E-state index contributed by atoms with van der Waals surface area (Å²) in [6.07, 6.45) is 2.36. The lowest BCUT2D eigenvalue weighted by Gasteiger charge is -2.53. The molecule has 0 saturated heterocycles. The fourth-order valence-corrected chi connectivity index (χ4v) is 13.1. The third-order valence-corrected chi connectivity index (χ3v) is 16.1. The highest BCUT2D eigenvalue weighted by atomic mass is 15.4. The van der Waals surface area contributed by atoms with Crippen molar-refractivity contribution in [3.05, 3.63) is 167 Å². The fraction of sp³-hybridized carbons (Fsp3) is 0.310. The van der Waals surface area contributed by atoms with Crippen molar-refractivity contribution in [2.24, 2.45) is 16.7 Å². The van der Waals surface area contributed by atoms with Crippen molar-refractivity contribution in [2.75, 3.05) is 9.80 Å². The summed E-state index contributed by atoms with van der Waals surface area (Å²) in [6.45, 7) is 24.6. The van der Waals surface area contributed by atoms with Gasteiger partial charge < -0.3 is 9.47 Å². The van der Waals surface area contributed by atoms with Crippen LogP contribution >= 0.6 is 0 Å². The molecule has 3 aliphatic heterocycles. The number of rotatable bonds is 3. The van der Waals surface area contributed by atoms with Crippen molar-refractivity contribution in [3.8, 4) is 27.9 Å². The molecule has 4 heteroatoms. The summed E-state index contributed by atoms with van der Waals surface area (Å²) in [5.74, 6) is 1.66. The van der Waals surface area contributed by atoms with Crippen LogP contribution in [0.25, 0.3) is 38.8 Å². The predicted octanol–water partition coefficient (Wildman–Crippen LogP) is 13.4. The topological polar surface area (TPSA) is 11.4 Å². The fourth-order valence-electron chi connectivity index (χ4n) is 13.1. The average Bonchev–Trinajstić information content (AvgIpc) is 3.88. The van der Waals surface area contributed by atoms with Gasteiger partial charge in [-0.15, -0.1) is 0 Å². The van der Waals surface area contributed by atoms with E-state index in [0.29, 0.717) is 5.92 Å². The van der Waals surface area contributed by atoms with Gasteiger partial charge >= 0.3 is 0 Å². The van der Waals surface area contributed by atoms with E-state index in [2.05, 4.69) is 217 Å². The van der Waals surface area contributed by atoms with Gasteiger partial charge in [0.05, 0.1) is 5.69 Å². The van der Waals surface area contributed by atoms with Gasteiger partial charge in [0, 0.05) is 62.2 Å². The molecule has 1 aromatic heterocycles. The van der Waals surface area contributed by atoms with Crippen LogP contribution in [-0.4, -0.2) is 17.3 Å². The van der Waals surface area contributed by atoms with Gasteiger partial charge in [0.2, 0.25) is 6.71 Å². The summed E-state index contributed by atoms with van der Waals surface area (Å²) in [6, 6.07) is 51.8. The molecule has 62 heavy (non-hydrogen) atoms. The van der Waals surface area contributed by atoms with Crippen molar-refractivity contribution in [1.82, 2.24) is 4.57 Å². The first-order valence-corrected chi connectivity index (χ1v) is 23.1. The number of para-hydroxylation sites is 2. The largest absolute Gasteiger partial charge is 0.323 e. The van der Waals surface area contributed by atoms with Crippen LogP contribution in [0, 0.1) is 23.7 Å². The van der Waals surface area contributed by atoms with Crippen molar-refractivity contribution in [1.29, 1.82) is 0 Å². The quantitative estimate of drug-likeness (QED) is 0.165. The standard InChI is InChI=1S/C58H58BN3/c1-35-33-45-49-46(34-35)61-51-41(47-40-22-14-16-24-42(40)58(9,10)52(47)61)23-18-25-43(51)59(49)50-48-53(57(7,8)32-31-56(48,5)6)62(44-26-17-15-21-39(44)36-19-12-11-13-20-36)54(50)60(45)38-29-27-37(28-30-38)55(2,3)4/h11-30,33-34,48,53H,31-32H2,1-10H3. The highest BCUT2D eigenvalue weighted by Crippen LogP contribution is 2.63. The Hall–Kier alpha value is -5.74. The zero-order valence-electron chi connectivity index (χ0n) is 38.2. The molecule has 6 aromatic carbocycles. The third-order valence-electron chi connectivity index (χ3n) is 16.1. The maximum absolute atomic E-state index is 2.87. The van der Waals surface area contributed by atoms with E-state index in [-0.39, 0.29) is 34.4 Å². The summed E-state index contributed by atoms with van der Waals surface area (Å²) < 4.78 is 2.74. The van der Waals surface area contributed by atoms with Crippen LogP contribution in [0.3, 0.4) is 0 Å². The Morgan fingerprint density at radius 1 is 0.645 bits per heavy atom. The van der Waals surface area contributed by atoms with Gasteiger partial charge in [-0.1, -0.05) is 165 Å². The van der Waals surface area contributed by atoms with Gasteiger partial charge in [-0.05, 0) is 111 Å². The summed E-state index contributed by atoms with van der Waals surface area (Å²) in [7, 11) is 0. The second kappa shape index (κ2) is 12.5. The summed E-state index contributed by atoms with van der Waals surface area (Å²) in [4.78, 5) is 5.60. The lowest BCUT2D eigenvalue weighted by atomic mass is 9.30. The molecule has 7 aromatic rings. The second-order valence-electron chi connectivity index (χ2n) is 22.2. The molecule has 0 spiro atoms. The highest BCUT2D eigenvalue weighted by Gasteiger charge is 2.62. The molecule has 3 nitrogen and oxygen atoms in total. The smallest absolute Gasteiger partial charge is 0.250 e. The summed E-state index contributed by atoms with van der Waals surface area (Å²) in [5, 5.41) is 1.38. The molecule has 0 amide bonds. The Morgan fingerprint density at radius 2 is 1.31 bits per heavy atom. The number of aromatic nitrogens is 1. The van der Waals surface area contributed by atoms with Crippen molar-refractivity contribution >= 4 is 45.6 Å². The molecular formula is C58H58BN3. The Morgan fingerprint density at radius 3 is 2.05 bits per heavy atom. The Bertz CT molecular complexity index is 3060. The number of anilines is 3. The normalized spacial score (nSPS) is 20.8. The van der Waals surface area contributed by atoms with Crippen LogP contribution in [0.5, 0.6) is 0 Å².